The molecule has 2 aromatic heterocycles. The zero-order valence-corrected chi connectivity index (χ0v) is 13.3. The number of hydrogen-bond acceptors (Lipinski definition) is 3. The van der Waals surface area contributed by atoms with Crippen molar-refractivity contribution in [2.24, 2.45) is 0 Å². The van der Waals surface area contributed by atoms with Crippen LogP contribution in [0, 0.1) is 0 Å². The van der Waals surface area contributed by atoms with E-state index in [-0.39, 0.29) is 5.78 Å². The molecular weight excluding hydrogens is 300 g/mol. The molecule has 0 atom stereocenters. The summed E-state index contributed by atoms with van der Waals surface area (Å²) in [5, 5.41) is 0. The van der Waals surface area contributed by atoms with Crippen LogP contribution in [0.5, 0.6) is 5.75 Å². The van der Waals surface area contributed by atoms with E-state index in [9.17, 15) is 4.79 Å². The molecule has 4 rings (SSSR count). The lowest BCUT2D eigenvalue weighted by atomic mass is 9.91. The molecule has 0 saturated heterocycles. The molecule has 120 valence electrons. The van der Waals surface area contributed by atoms with Crippen LogP contribution in [-0.2, 0) is 13.0 Å². The highest BCUT2D eigenvalue weighted by molar-refractivity contribution is 6.00. The largest absolute Gasteiger partial charge is 0.487 e. The summed E-state index contributed by atoms with van der Waals surface area (Å²) in [4.78, 5) is 19.6. The number of benzene rings is 1. The number of nitrogens with zero attached hydrogens (tertiary/aromatic N) is 1. The highest BCUT2D eigenvalue weighted by Gasteiger charge is 2.23. The lowest BCUT2D eigenvalue weighted by molar-refractivity contribution is 0.0973. The average molecular weight is 318 g/mol. The minimum absolute atomic E-state index is 0.227. The number of H-pyrrole nitrogens is 1. The number of ketones is 1. The van der Waals surface area contributed by atoms with Gasteiger partial charge in [-0.15, -0.1) is 0 Å². The van der Waals surface area contributed by atoms with Crippen LogP contribution in [0.2, 0.25) is 0 Å². The Morgan fingerprint density at radius 3 is 2.79 bits per heavy atom. The van der Waals surface area contributed by atoms with Crippen molar-refractivity contribution in [2.45, 2.75) is 25.9 Å². The number of carbonyl (C=O) groups is 1. The van der Waals surface area contributed by atoms with Gasteiger partial charge in [-0.2, -0.15) is 0 Å². The molecule has 0 fully saturated rings. The lowest BCUT2D eigenvalue weighted by Crippen LogP contribution is -2.08. The van der Waals surface area contributed by atoms with Gasteiger partial charge in [-0.25, -0.2) is 0 Å². The fourth-order valence-corrected chi connectivity index (χ4v) is 3.20. The van der Waals surface area contributed by atoms with Gasteiger partial charge in [-0.05, 0) is 42.7 Å². The number of para-hydroxylation sites is 1. The van der Waals surface area contributed by atoms with E-state index in [1.165, 1.54) is 0 Å². The Kier molecular flexibility index (Phi) is 3.87. The molecule has 1 aromatic carbocycles. The highest BCUT2D eigenvalue weighted by Crippen LogP contribution is 2.36. The number of Topliss-reactive ketones (excluding diaryl/α,β-unsaturated/α-hetero) is 1. The number of nitrogens with one attached hydrogen (secondary N) is 1. The molecule has 0 saturated carbocycles. The smallest absolute Gasteiger partial charge is 0.164 e. The van der Waals surface area contributed by atoms with E-state index in [1.54, 1.807) is 6.20 Å². The Bertz CT molecular complexity index is 868. The Labute approximate surface area is 140 Å². The Morgan fingerprint density at radius 1 is 1.04 bits per heavy atom. The number of aromatic nitrogens is 2. The summed E-state index contributed by atoms with van der Waals surface area (Å²) >= 11 is 0. The number of pyridine rings is 1. The minimum Gasteiger partial charge on any atom is -0.487 e. The number of fused-ring (bicyclic) bond motifs is 1. The van der Waals surface area contributed by atoms with Crippen molar-refractivity contribution in [1.82, 2.24) is 9.97 Å². The van der Waals surface area contributed by atoms with E-state index >= 15 is 0 Å². The zero-order chi connectivity index (χ0) is 16.4. The van der Waals surface area contributed by atoms with E-state index in [0.717, 1.165) is 46.7 Å². The van der Waals surface area contributed by atoms with Gasteiger partial charge < -0.3 is 9.72 Å². The Balaban J connectivity index is 1.66. The first-order valence-electron chi connectivity index (χ1n) is 8.18. The third-order valence-electron chi connectivity index (χ3n) is 4.38. The first-order valence-corrected chi connectivity index (χ1v) is 8.18. The second kappa shape index (κ2) is 6.32. The van der Waals surface area contributed by atoms with Gasteiger partial charge in [0.15, 0.2) is 5.78 Å². The molecule has 3 aromatic rings. The van der Waals surface area contributed by atoms with Crippen molar-refractivity contribution < 1.29 is 9.53 Å². The van der Waals surface area contributed by atoms with Crippen LogP contribution in [0.1, 0.15) is 34.5 Å². The van der Waals surface area contributed by atoms with Gasteiger partial charge in [0.25, 0.3) is 0 Å². The van der Waals surface area contributed by atoms with E-state index < -0.39 is 0 Å². The minimum atomic E-state index is 0.227. The van der Waals surface area contributed by atoms with E-state index in [1.807, 2.05) is 48.7 Å². The number of aromatic amines is 1. The van der Waals surface area contributed by atoms with Crippen LogP contribution in [0.4, 0.5) is 0 Å². The van der Waals surface area contributed by atoms with E-state index in [4.69, 9.17) is 4.74 Å². The average Bonchev–Trinajstić information content (AvgIpc) is 3.06. The van der Waals surface area contributed by atoms with Crippen molar-refractivity contribution in [3.8, 4) is 17.0 Å². The van der Waals surface area contributed by atoms with Gasteiger partial charge in [0.1, 0.15) is 12.4 Å². The second-order valence-corrected chi connectivity index (χ2v) is 5.94. The topological polar surface area (TPSA) is 55.0 Å². The molecule has 0 bridgehead atoms. The molecule has 1 aliphatic carbocycles. The number of rotatable bonds is 4. The van der Waals surface area contributed by atoms with Gasteiger partial charge >= 0.3 is 0 Å². The van der Waals surface area contributed by atoms with Crippen molar-refractivity contribution >= 4 is 5.78 Å². The van der Waals surface area contributed by atoms with Crippen molar-refractivity contribution in [3.05, 3.63) is 71.7 Å². The Morgan fingerprint density at radius 2 is 1.92 bits per heavy atom. The van der Waals surface area contributed by atoms with Crippen LogP contribution in [-0.4, -0.2) is 15.8 Å². The number of carbonyl (C=O) groups excluding carboxylic acids is 1. The summed E-state index contributed by atoms with van der Waals surface area (Å²) in [6, 6.07) is 13.7. The Hall–Kier alpha value is -2.88. The van der Waals surface area contributed by atoms with Crippen LogP contribution in [0.3, 0.4) is 0 Å². The van der Waals surface area contributed by atoms with Crippen molar-refractivity contribution in [2.75, 3.05) is 0 Å². The lowest BCUT2D eigenvalue weighted by Gasteiger charge is -2.14. The third kappa shape index (κ3) is 2.71. The summed E-state index contributed by atoms with van der Waals surface area (Å²) in [6.07, 6.45) is 6.07. The molecular formula is C20H18N2O2. The van der Waals surface area contributed by atoms with Crippen molar-refractivity contribution in [1.29, 1.82) is 0 Å². The fourth-order valence-electron chi connectivity index (χ4n) is 3.20. The maximum atomic E-state index is 12.1. The summed E-state index contributed by atoms with van der Waals surface area (Å²) in [7, 11) is 0. The van der Waals surface area contributed by atoms with Gasteiger partial charge in [0.05, 0.1) is 11.4 Å². The van der Waals surface area contributed by atoms with Crippen LogP contribution in [0.25, 0.3) is 11.3 Å². The highest BCUT2D eigenvalue weighted by atomic mass is 16.5. The molecule has 24 heavy (non-hydrogen) atoms. The van der Waals surface area contributed by atoms with Crippen molar-refractivity contribution in [3.63, 3.8) is 0 Å². The third-order valence-corrected chi connectivity index (χ3v) is 4.38. The number of hydrogen-bond donors (Lipinski definition) is 1. The van der Waals surface area contributed by atoms with E-state index in [2.05, 4.69) is 9.97 Å². The molecule has 0 amide bonds. The first kappa shape index (κ1) is 14.7. The molecule has 0 aliphatic heterocycles. The molecule has 0 radical (unpaired) electrons. The summed E-state index contributed by atoms with van der Waals surface area (Å²) < 4.78 is 6.00. The van der Waals surface area contributed by atoms with Gasteiger partial charge in [0, 0.05) is 29.9 Å². The quantitative estimate of drug-likeness (QED) is 0.785. The standard InChI is InChI=1S/C20H18N2O2/c23-18-9-5-8-15-17(18)12-22-20(15)16-7-1-2-10-19(16)24-13-14-6-3-4-11-21-14/h1-4,6-7,10-12,22H,5,8-9,13H2. The SMILES string of the molecule is O=C1CCCc2c1c[nH]c2-c1ccccc1OCc1ccccn1. The molecule has 1 N–H and O–H groups in total. The predicted molar refractivity (Wildman–Crippen MR) is 92.1 cm³/mol. The zero-order valence-electron chi connectivity index (χ0n) is 13.3. The van der Waals surface area contributed by atoms with Crippen LogP contribution < -0.4 is 4.74 Å². The normalized spacial score (nSPS) is 13.6. The van der Waals surface area contributed by atoms with Gasteiger partial charge in [-0.1, -0.05) is 18.2 Å². The van der Waals surface area contributed by atoms with E-state index in [0.29, 0.717) is 13.0 Å². The van der Waals surface area contributed by atoms with Gasteiger partial charge in [-0.3, -0.25) is 9.78 Å². The maximum absolute atomic E-state index is 12.1. The maximum Gasteiger partial charge on any atom is 0.164 e. The summed E-state index contributed by atoms with van der Waals surface area (Å²) in [5.74, 6) is 1.02. The molecule has 0 spiro atoms. The molecule has 1 aliphatic rings. The van der Waals surface area contributed by atoms with Gasteiger partial charge in [0.2, 0.25) is 0 Å². The second-order valence-electron chi connectivity index (χ2n) is 5.94. The summed E-state index contributed by atoms with van der Waals surface area (Å²) in [6.45, 7) is 0.416. The summed E-state index contributed by atoms with van der Waals surface area (Å²) in [5.41, 5.74) is 4.81. The fraction of sp³-hybridized carbons (Fsp3) is 0.200. The molecule has 0 unspecified atom stereocenters. The van der Waals surface area contributed by atoms with Crippen LogP contribution in [0.15, 0.2) is 54.9 Å². The number of ether oxygens (including phenoxy) is 1. The monoisotopic (exact) mass is 318 g/mol. The molecule has 4 nitrogen and oxygen atoms in total. The molecule has 2 heterocycles. The predicted octanol–water partition coefficient (Wildman–Crippen LogP) is 4.17. The van der Waals surface area contributed by atoms with Crippen LogP contribution >= 0.6 is 0 Å². The molecule has 4 heteroatoms. The first-order chi connectivity index (χ1) is 11.8.